The van der Waals surface area contributed by atoms with E-state index in [4.69, 9.17) is 5.73 Å². The van der Waals surface area contributed by atoms with Crippen LogP contribution in [-0.4, -0.2) is 23.5 Å². The van der Waals surface area contributed by atoms with E-state index in [1.807, 2.05) is 6.08 Å². The molecule has 1 heterocycles. The summed E-state index contributed by atoms with van der Waals surface area (Å²) < 4.78 is 0. The summed E-state index contributed by atoms with van der Waals surface area (Å²) in [5.41, 5.74) is 7.17. The average Bonchev–Trinajstić information content (AvgIpc) is 2.67. The zero-order valence-corrected chi connectivity index (χ0v) is 9.16. The smallest absolute Gasteiger partial charge is 0.0446 e. The van der Waals surface area contributed by atoms with E-state index in [-0.39, 0.29) is 5.54 Å². The first-order chi connectivity index (χ1) is 6.64. The molecule has 14 heavy (non-hydrogen) atoms. The minimum absolute atomic E-state index is 0.148. The van der Waals surface area contributed by atoms with Gasteiger partial charge in [-0.1, -0.05) is 19.1 Å². The number of nitrogens with zero attached hydrogens (tertiary/aromatic N) is 1. The van der Waals surface area contributed by atoms with Gasteiger partial charge in [-0.05, 0) is 38.9 Å². The fraction of sp³-hybridized carbons (Fsp3) is 0.667. The molecule has 0 saturated carbocycles. The van der Waals surface area contributed by atoms with Crippen molar-refractivity contribution in [3.8, 4) is 0 Å². The highest BCUT2D eigenvalue weighted by Crippen LogP contribution is 2.34. The molecule has 0 amide bonds. The Hall–Kier alpha value is -0.760. The summed E-state index contributed by atoms with van der Waals surface area (Å²) >= 11 is 0. The van der Waals surface area contributed by atoms with Crippen molar-refractivity contribution in [2.75, 3.05) is 13.1 Å². The number of hydrogen-bond acceptors (Lipinski definition) is 2. The van der Waals surface area contributed by atoms with Gasteiger partial charge in [-0.3, -0.25) is 4.90 Å². The van der Waals surface area contributed by atoms with Crippen LogP contribution < -0.4 is 5.73 Å². The Morgan fingerprint density at radius 1 is 1.43 bits per heavy atom. The summed E-state index contributed by atoms with van der Waals surface area (Å²) in [5, 5.41) is 0. The number of likely N-dealkylation sites (tertiary alicyclic amines) is 1. The predicted octanol–water partition coefficient (Wildman–Crippen LogP) is 1.89. The lowest BCUT2D eigenvalue weighted by Crippen LogP contribution is -2.50. The van der Waals surface area contributed by atoms with E-state index in [1.54, 1.807) is 0 Å². The van der Waals surface area contributed by atoms with Gasteiger partial charge in [0.05, 0.1) is 0 Å². The molecule has 0 aromatic rings. The van der Waals surface area contributed by atoms with Crippen LogP contribution in [0.5, 0.6) is 0 Å². The molecule has 0 spiro atoms. The molecule has 1 fully saturated rings. The summed E-state index contributed by atoms with van der Waals surface area (Å²) in [6.45, 7) is 6.98. The van der Waals surface area contributed by atoms with Crippen molar-refractivity contribution in [2.24, 2.45) is 11.7 Å². The van der Waals surface area contributed by atoms with Gasteiger partial charge in [0.1, 0.15) is 0 Å². The molecule has 2 unspecified atom stereocenters. The molecule has 78 valence electrons. The van der Waals surface area contributed by atoms with Crippen molar-refractivity contribution in [1.82, 2.24) is 4.90 Å². The van der Waals surface area contributed by atoms with Crippen LogP contribution in [0, 0.1) is 5.92 Å². The quantitative estimate of drug-likeness (QED) is 0.687. The molecule has 2 N–H and O–H groups in total. The molecule has 0 bridgehead atoms. The van der Waals surface area contributed by atoms with E-state index in [0.29, 0.717) is 5.92 Å². The Morgan fingerprint density at radius 3 is 2.71 bits per heavy atom. The van der Waals surface area contributed by atoms with E-state index in [1.165, 1.54) is 25.9 Å². The maximum Gasteiger partial charge on any atom is 0.0446 e. The second kappa shape index (κ2) is 3.43. The minimum Gasteiger partial charge on any atom is -0.402 e. The van der Waals surface area contributed by atoms with Crippen molar-refractivity contribution in [3.63, 3.8) is 0 Å². The maximum absolute atomic E-state index is 6.00. The van der Waals surface area contributed by atoms with Crippen molar-refractivity contribution in [2.45, 2.75) is 32.2 Å². The third kappa shape index (κ3) is 1.38. The molecule has 0 aromatic heterocycles. The van der Waals surface area contributed by atoms with E-state index < -0.39 is 0 Å². The standard InChI is InChI=1S/C12H20N2/c1-10-11(13)6-5-7-12(10,2)14-8-3-4-9-14/h5-7,10H,3-4,8-9,13H2,1-2H3. The number of allylic oxidation sites excluding steroid dienone is 2. The Kier molecular flexibility index (Phi) is 2.40. The third-order valence-electron chi connectivity index (χ3n) is 3.89. The highest BCUT2D eigenvalue weighted by molar-refractivity contribution is 5.28. The molecule has 1 saturated heterocycles. The monoisotopic (exact) mass is 192 g/mol. The Labute approximate surface area is 86.5 Å². The molecule has 2 nitrogen and oxygen atoms in total. The van der Waals surface area contributed by atoms with Crippen molar-refractivity contribution >= 4 is 0 Å². The molecule has 0 aromatic carbocycles. The van der Waals surface area contributed by atoms with Gasteiger partial charge in [0, 0.05) is 17.2 Å². The van der Waals surface area contributed by atoms with Gasteiger partial charge in [-0.15, -0.1) is 0 Å². The van der Waals surface area contributed by atoms with E-state index in [0.717, 1.165) is 5.70 Å². The molecule has 0 radical (unpaired) electrons. The molecule has 1 aliphatic carbocycles. The van der Waals surface area contributed by atoms with Crippen LogP contribution in [0.4, 0.5) is 0 Å². The molecule has 2 aliphatic rings. The molecular weight excluding hydrogens is 172 g/mol. The van der Waals surface area contributed by atoms with Crippen LogP contribution in [0.1, 0.15) is 26.7 Å². The lowest BCUT2D eigenvalue weighted by molar-refractivity contribution is 0.138. The first kappa shape index (κ1) is 9.78. The summed E-state index contributed by atoms with van der Waals surface area (Å²) in [6, 6.07) is 0. The van der Waals surface area contributed by atoms with E-state index in [2.05, 4.69) is 30.9 Å². The number of hydrogen-bond donors (Lipinski definition) is 1. The van der Waals surface area contributed by atoms with Gasteiger partial charge in [-0.2, -0.15) is 0 Å². The lowest BCUT2D eigenvalue weighted by Gasteiger charge is -2.43. The van der Waals surface area contributed by atoms with Gasteiger partial charge in [0.15, 0.2) is 0 Å². The maximum atomic E-state index is 6.00. The predicted molar refractivity (Wildman–Crippen MR) is 59.8 cm³/mol. The first-order valence-electron chi connectivity index (χ1n) is 5.54. The Morgan fingerprint density at radius 2 is 2.07 bits per heavy atom. The summed E-state index contributed by atoms with van der Waals surface area (Å²) in [5.74, 6) is 0.436. The zero-order valence-electron chi connectivity index (χ0n) is 9.16. The SMILES string of the molecule is CC1C(N)=CC=CC1(C)N1CCCC1. The van der Waals surface area contributed by atoms with Crippen LogP contribution in [0.15, 0.2) is 23.9 Å². The number of nitrogens with two attached hydrogens (primary N) is 1. The first-order valence-corrected chi connectivity index (χ1v) is 5.54. The van der Waals surface area contributed by atoms with Gasteiger partial charge >= 0.3 is 0 Å². The van der Waals surface area contributed by atoms with E-state index in [9.17, 15) is 0 Å². The average molecular weight is 192 g/mol. The Bertz CT molecular complexity index is 274. The zero-order chi connectivity index (χ0) is 10.2. The molecular formula is C12H20N2. The van der Waals surface area contributed by atoms with Crippen LogP contribution in [0.3, 0.4) is 0 Å². The second-order valence-corrected chi connectivity index (χ2v) is 4.67. The minimum atomic E-state index is 0.148. The molecule has 2 rings (SSSR count). The normalized spacial score (nSPS) is 38.7. The highest BCUT2D eigenvalue weighted by atomic mass is 15.2. The van der Waals surface area contributed by atoms with Gasteiger partial charge in [-0.25, -0.2) is 0 Å². The van der Waals surface area contributed by atoms with Crippen LogP contribution in [0.25, 0.3) is 0 Å². The van der Waals surface area contributed by atoms with Crippen LogP contribution in [0.2, 0.25) is 0 Å². The van der Waals surface area contributed by atoms with Crippen LogP contribution >= 0.6 is 0 Å². The summed E-state index contributed by atoms with van der Waals surface area (Å²) in [4.78, 5) is 2.56. The fourth-order valence-corrected chi connectivity index (χ4v) is 2.56. The van der Waals surface area contributed by atoms with E-state index >= 15 is 0 Å². The lowest BCUT2D eigenvalue weighted by atomic mass is 9.80. The molecule has 1 aliphatic heterocycles. The highest BCUT2D eigenvalue weighted by Gasteiger charge is 2.38. The van der Waals surface area contributed by atoms with Crippen molar-refractivity contribution in [1.29, 1.82) is 0 Å². The van der Waals surface area contributed by atoms with Gasteiger partial charge < -0.3 is 5.73 Å². The van der Waals surface area contributed by atoms with Crippen molar-refractivity contribution in [3.05, 3.63) is 23.9 Å². The fourth-order valence-electron chi connectivity index (χ4n) is 2.56. The Balaban J connectivity index is 2.22. The largest absolute Gasteiger partial charge is 0.402 e. The van der Waals surface area contributed by atoms with Crippen LogP contribution in [-0.2, 0) is 0 Å². The summed E-state index contributed by atoms with van der Waals surface area (Å²) in [6.07, 6.45) is 9.11. The van der Waals surface area contributed by atoms with Gasteiger partial charge in [0.2, 0.25) is 0 Å². The van der Waals surface area contributed by atoms with Gasteiger partial charge in [0.25, 0.3) is 0 Å². The third-order valence-corrected chi connectivity index (χ3v) is 3.89. The second-order valence-electron chi connectivity index (χ2n) is 4.67. The molecule has 2 heteroatoms. The summed E-state index contributed by atoms with van der Waals surface area (Å²) in [7, 11) is 0. The van der Waals surface area contributed by atoms with Crippen molar-refractivity contribution < 1.29 is 0 Å². The topological polar surface area (TPSA) is 29.3 Å². The molecule has 2 atom stereocenters. The number of rotatable bonds is 1.